The number of hydrogen-bond acceptors (Lipinski definition) is 6. The Labute approximate surface area is 235 Å². The van der Waals surface area contributed by atoms with Gasteiger partial charge in [-0.25, -0.2) is 4.79 Å². The monoisotopic (exact) mass is 557 g/mol. The first-order valence-corrected chi connectivity index (χ1v) is 17.4. The summed E-state index contributed by atoms with van der Waals surface area (Å²) in [6.45, 7) is 6.98. The van der Waals surface area contributed by atoms with Crippen LogP contribution in [-0.2, 0) is 25.7 Å². The number of ether oxygens (including phenoxy) is 2. The van der Waals surface area contributed by atoms with Gasteiger partial charge in [-0.3, -0.25) is 9.59 Å². The summed E-state index contributed by atoms with van der Waals surface area (Å²) in [5.74, 6) is -2.38. The van der Waals surface area contributed by atoms with Crippen molar-refractivity contribution in [2.24, 2.45) is 5.92 Å². The van der Waals surface area contributed by atoms with Crippen LogP contribution in [-0.4, -0.2) is 43.7 Å². The highest BCUT2D eigenvalue weighted by atomic mass is 28.3. The van der Waals surface area contributed by atoms with Crippen molar-refractivity contribution in [3.8, 4) is 16.9 Å². The number of carbonyl (C=O) groups excluding carboxylic acids is 3. The van der Waals surface area contributed by atoms with Crippen molar-refractivity contribution >= 4 is 25.9 Å². The van der Waals surface area contributed by atoms with Gasteiger partial charge < -0.3 is 19.9 Å². The van der Waals surface area contributed by atoms with Crippen LogP contribution in [0.25, 0.3) is 11.1 Å². The van der Waals surface area contributed by atoms with E-state index < -0.39 is 43.9 Å². The third-order valence-corrected chi connectivity index (χ3v) is 9.54. The molecule has 0 spiro atoms. The minimum atomic E-state index is -1.42. The van der Waals surface area contributed by atoms with Crippen molar-refractivity contribution in [1.82, 2.24) is 5.32 Å². The summed E-state index contributed by atoms with van der Waals surface area (Å²) in [5.41, 5.74) is 4.46. The van der Waals surface area contributed by atoms with E-state index in [-0.39, 0.29) is 24.6 Å². The van der Waals surface area contributed by atoms with Gasteiger partial charge in [-0.05, 0) is 46.0 Å². The van der Waals surface area contributed by atoms with Crippen LogP contribution in [0, 0.1) is 5.92 Å². The van der Waals surface area contributed by atoms with E-state index in [1.54, 1.807) is 18.2 Å². The molecule has 1 amide bonds. The summed E-state index contributed by atoms with van der Waals surface area (Å²) in [4.78, 5) is 39.6. The van der Waals surface area contributed by atoms with Gasteiger partial charge in [-0.2, -0.15) is 0 Å². The lowest BCUT2D eigenvalue weighted by molar-refractivity contribution is -0.152. The molecule has 8 heteroatoms. The molecule has 3 aromatic carbocycles. The predicted molar refractivity (Wildman–Crippen MR) is 155 cm³/mol. The molecule has 0 saturated heterocycles. The van der Waals surface area contributed by atoms with E-state index in [0.717, 1.165) is 28.3 Å². The number of aromatic hydroxyl groups is 1. The Bertz CT molecular complexity index is 1400. The number of esters is 1. The maximum absolute atomic E-state index is 13.4. The number of Topliss-reactive ketones (excluding diaryl/α,β-unsaturated/α-hetero) is 1. The molecule has 3 aliphatic rings. The second-order valence-electron chi connectivity index (χ2n) is 11.9. The Balaban J connectivity index is 1.31. The second kappa shape index (κ2) is 11.3. The van der Waals surface area contributed by atoms with E-state index in [1.807, 2.05) is 54.6 Å². The van der Waals surface area contributed by atoms with Crippen LogP contribution in [0.2, 0.25) is 25.7 Å². The van der Waals surface area contributed by atoms with Gasteiger partial charge in [0.1, 0.15) is 18.1 Å². The van der Waals surface area contributed by atoms with E-state index in [4.69, 9.17) is 9.47 Å². The molecule has 2 N–H and O–H groups in total. The summed E-state index contributed by atoms with van der Waals surface area (Å²) in [7, 11) is -1.42. The van der Waals surface area contributed by atoms with Crippen molar-refractivity contribution in [3.05, 3.63) is 89.5 Å². The molecule has 1 saturated carbocycles. The van der Waals surface area contributed by atoms with Crippen molar-refractivity contribution in [1.29, 1.82) is 0 Å². The van der Waals surface area contributed by atoms with Gasteiger partial charge in [0.05, 0.1) is 24.5 Å². The summed E-state index contributed by atoms with van der Waals surface area (Å²) in [5, 5.41) is 13.0. The van der Waals surface area contributed by atoms with E-state index in [2.05, 4.69) is 25.0 Å². The first-order chi connectivity index (χ1) is 19.1. The van der Waals surface area contributed by atoms with E-state index in [9.17, 15) is 19.5 Å². The lowest BCUT2D eigenvalue weighted by Crippen LogP contribution is -2.57. The fourth-order valence-corrected chi connectivity index (χ4v) is 6.47. The molecule has 3 aromatic rings. The second-order valence-corrected chi connectivity index (χ2v) is 17.5. The zero-order chi connectivity index (χ0) is 28.4. The maximum Gasteiger partial charge on any atom is 0.407 e. The lowest BCUT2D eigenvalue weighted by atomic mass is 9.58. The summed E-state index contributed by atoms with van der Waals surface area (Å²) >= 11 is 0. The molecular weight excluding hydrogens is 522 g/mol. The van der Waals surface area contributed by atoms with Crippen molar-refractivity contribution in [2.75, 3.05) is 6.61 Å². The standard InChI is InChI=1S/C32H35NO6Si/c1-40(2,3)16-15-38-31(36)29-26-18-27(35)28(25-17-23(34)13-14-24(25)26)30(29)33-32(37)39-19-20-9-11-22(12-10-20)21-7-5-4-6-8-21/h4-14,17,26,28-30,34H,15-16,18-19H2,1-3H3,(H,33,37)/t26-,28-,29-,30-/m1/s1. The molecule has 0 unspecified atom stereocenters. The molecule has 0 aromatic heterocycles. The number of ketones is 1. The highest BCUT2D eigenvalue weighted by Gasteiger charge is 2.55. The van der Waals surface area contributed by atoms with Gasteiger partial charge in [-0.15, -0.1) is 0 Å². The molecule has 4 atom stereocenters. The molecule has 6 rings (SSSR count). The zero-order valence-electron chi connectivity index (χ0n) is 23.1. The lowest BCUT2D eigenvalue weighted by Gasteiger charge is -2.47. The fourth-order valence-electron chi connectivity index (χ4n) is 5.76. The third kappa shape index (κ3) is 5.97. The van der Waals surface area contributed by atoms with E-state index in [1.165, 1.54) is 0 Å². The number of benzene rings is 3. The van der Waals surface area contributed by atoms with E-state index in [0.29, 0.717) is 12.2 Å². The van der Waals surface area contributed by atoms with Crippen molar-refractivity contribution in [2.45, 2.75) is 56.6 Å². The largest absolute Gasteiger partial charge is 0.508 e. The SMILES string of the molecule is C[Si](C)(C)CCOC(=O)[C@H]1[C@H](NC(=O)OCc2ccc(-c3ccccc3)cc2)[C@H]2C(=O)C[C@@H]1c1ccc(O)cc12. The van der Waals surface area contributed by atoms with Crippen LogP contribution in [0.15, 0.2) is 72.8 Å². The molecule has 3 aliphatic carbocycles. The van der Waals surface area contributed by atoms with Gasteiger partial charge in [0.2, 0.25) is 0 Å². The van der Waals surface area contributed by atoms with Crippen LogP contribution in [0.4, 0.5) is 4.79 Å². The molecule has 1 fully saturated rings. The Kier molecular flexibility index (Phi) is 7.80. The first-order valence-electron chi connectivity index (χ1n) is 13.7. The Morgan fingerprint density at radius 3 is 2.33 bits per heavy atom. The quantitative estimate of drug-likeness (QED) is 0.260. The number of phenols is 1. The predicted octanol–water partition coefficient (Wildman–Crippen LogP) is 6.01. The fraction of sp³-hybridized carbons (Fsp3) is 0.344. The number of carbonyl (C=O) groups is 3. The van der Waals surface area contributed by atoms with Crippen LogP contribution in [0.5, 0.6) is 5.75 Å². The highest BCUT2D eigenvalue weighted by Crippen LogP contribution is 2.52. The number of rotatable bonds is 8. The van der Waals surface area contributed by atoms with Gasteiger partial charge in [0, 0.05) is 20.4 Å². The van der Waals surface area contributed by atoms with Crippen molar-refractivity contribution < 1.29 is 29.0 Å². The Morgan fingerprint density at radius 1 is 0.925 bits per heavy atom. The minimum absolute atomic E-state index is 0.0358. The van der Waals surface area contributed by atoms with Gasteiger partial charge >= 0.3 is 12.1 Å². The van der Waals surface area contributed by atoms with Crippen LogP contribution in [0.1, 0.15) is 34.9 Å². The molecule has 7 nitrogen and oxygen atoms in total. The topological polar surface area (TPSA) is 102 Å². The van der Waals surface area contributed by atoms with Crippen LogP contribution >= 0.6 is 0 Å². The number of nitrogens with one attached hydrogen (secondary N) is 1. The third-order valence-electron chi connectivity index (χ3n) is 7.84. The molecule has 0 radical (unpaired) electrons. The first kappa shape index (κ1) is 27.6. The van der Waals surface area contributed by atoms with Crippen molar-refractivity contribution in [3.63, 3.8) is 0 Å². The number of phenolic OH excluding ortho intramolecular Hbond substituents is 1. The van der Waals surface area contributed by atoms with Crippen LogP contribution in [0.3, 0.4) is 0 Å². The van der Waals surface area contributed by atoms with Gasteiger partial charge in [0.25, 0.3) is 0 Å². The number of alkyl carbamates (subject to hydrolysis) is 1. The molecule has 40 heavy (non-hydrogen) atoms. The van der Waals surface area contributed by atoms with Gasteiger partial charge in [0.15, 0.2) is 0 Å². The normalized spacial score (nSPS) is 21.4. The Hall–Kier alpha value is -3.91. The average molecular weight is 558 g/mol. The number of hydrogen-bond donors (Lipinski definition) is 2. The average Bonchev–Trinajstić information content (AvgIpc) is 2.91. The number of amides is 1. The summed E-state index contributed by atoms with van der Waals surface area (Å²) in [6.07, 6.45) is -0.517. The summed E-state index contributed by atoms with van der Waals surface area (Å²) in [6, 6.07) is 22.6. The van der Waals surface area contributed by atoms with Gasteiger partial charge in [-0.1, -0.05) is 80.3 Å². The molecular formula is C32H35NO6Si. The number of fused-ring (bicyclic) bond motifs is 2. The maximum atomic E-state index is 13.4. The van der Waals surface area contributed by atoms with Crippen LogP contribution < -0.4 is 5.32 Å². The molecule has 0 aliphatic heterocycles. The zero-order valence-corrected chi connectivity index (χ0v) is 24.1. The molecule has 2 bridgehead atoms. The van der Waals surface area contributed by atoms with E-state index >= 15 is 0 Å². The molecule has 0 heterocycles. The smallest absolute Gasteiger partial charge is 0.407 e. The minimum Gasteiger partial charge on any atom is -0.508 e. The highest BCUT2D eigenvalue weighted by molar-refractivity contribution is 6.76. The Morgan fingerprint density at radius 2 is 1.62 bits per heavy atom. The molecule has 208 valence electrons. The summed E-state index contributed by atoms with van der Waals surface area (Å²) < 4.78 is 11.2.